The molecule has 0 spiro atoms. The molecule has 0 saturated heterocycles. The highest BCUT2D eigenvalue weighted by atomic mass is 16.5. The van der Waals surface area contributed by atoms with Crippen LogP contribution in [0.15, 0.2) is 54.6 Å². The number of para-hydroxylation sites is 1. The molecule has 0 aliphatic heterocycles. The van der Waals surface area contributed by atoms with Crippen LogP contribution in [0.1, 0.15) is 32.9 Å². The molecule has 0 radical (unpaired) electrons. The Morgan fingerprint density at radius 1 is 1.07 bits per heavy atom. The van der Waals surface area contributed by atoms with Crippen LogP contribution in [0.4, 0.5) is 5.69 Å². The SMILES string of the molecule is COC(=O)c1ccc(C)c(NC(=O)/C=C/c2c(C)nn(-c3ccccc3)c2C)c1. The van der Waals surface area contributed by atoms with Crippen molar-refractivity contribution in [2.24, 2.45) is 0 Å². The standard InChI is InChI=1S/C23H23N3O3/c1-15-10-11-18(23(28)29-4)14-21(15)24-22(27)13-12-20-16(2)25-26(17(20)3)19-8-6-5-7-9-19/h5-14H,1-4H3,(H,24,27)/b13-12+. The number of methoxy groups -OCH3 is 1. The lowest BCUT2D eigenvalue weighted by Gasteiger charge is -2.08. The summed E-state index contributed by atoms with van der Waals surface area (Å²) in [5.74, 6) is -0.739. The van der Waals surface area contributed by atoms with Gasteiger partial charge in [-0.3, -0.25) is 4.79 Å². The zero-order valence-electron chi connectivity index (χ0n) is 16.9. The fourth-order valence-electron chi connectivity index (χ4n) is 3.05. The molecule has 0 aliphatic rings. The van der Waals surface area contributed by atoms with Crippen molar-refractivity contribution in [2.45, 2.75) is 20.8 Å². The van der Waals surface area contributed by atoms with Crippen molar-refractivity contribution in [2.75, 3.05) is 12.4 Å². The predicted molar refractivity (Wildman–Crippen MR) is 113 cm³/mol. The minimum atomic E-state index is -0.449. The number of ether oxygens (including phenoxy) is 1. The number of hydrogen-bond donors (Lipinski definition) is 1. The maximum atomic E-state index is 12.4. The van der Waals surface area contributed by atoms with Crippen LogP contribution >= 0.6 is 0 Å². The number of benzene rings is 2. The van der Waals surface area contributed by atoms with Gasteiger partial charge in [-0.1, -0.05) is 24.3 Å². The lowest BCUT2D eigenvalue weighted by Crippen LogP contribution is -2.10. The van der Waals surface area contributed by atoms with Crippen LogP contribution in [-0.4, -0.2) is 28.8 Å². The molecule has 0 unspecified atom stereocenters. The Bertz CT molecular complexity index is 1080. The molecular formula is C23H23N3O3. The summed E-state index contributed by atoms with van der Waals surface area (Å²) >= 11 is 0. The molecule has 3 rings (SSSR count). The molecule has 0 fully saturated rings. The molecule has 1 N–H and O–H groups in total. The number of amides is 1. The van der Waals surface area contributed by atoms with Crippen LogP contribution in [0, 0.1) is 20.8 Å². The molecule has 0 aliphatic carbocycles. The van der Waals surface area contributed by atoms with Gasteiger partial charge < -0.3 is 10.1 Å². The van der Waals surface area contributed by atoms with E-state index in [1.54, 1.807) is 24.3 Å². The van der Waals surface area contributed by atoms with Gasteiger partial charge in [0.1, 0.15) is 0 Å². The summed E-state index contributed by atoms with van der Waals surface area (Å²) in [4.78, 5) is 24.2. The number of aryl methyl sites for hydroxylation is 2. The smallest absolute Gasteiger partial charge is 0.337 e. The number of carbonyl (C=O) groups is 2. The summed E-state index contributed by atoms with van der Waals surface area (Å²) in [5, 5.41) is 7.40. The van der Waals surface area contributed by atoms with Crippen molar-refractivity contribution in [3.05, 3.63) is 82.7 Å². The Balaban J connectivity index is 1.80. The van der Waals surface area contributed by atoms with E-state index in [4.69, 9.17) is 4.74 Å². The van der Waals surface area contributed by atoms with Gasteiger partial charge in [-0.15, -0.1) is 0 Å². The number of aromatic nitrogens is 2. The van der Waals surface area contributed by atoms with Gasteiger partial charge in [0, 0.05) is 23.0 Å². The number of esters is 1. The van der Waals surface area contributed by atoms with Gasteiger partial charge in [-0.2, -0.15) is 5.10 Å². The summed E-state index contributed by atoms with van der Waals surface area (Å²) < 4.78 is 6.59. The van der Waals surface area contributed by atoms with Crippen LogP contribution in [0.2, 0.25) is 0 Å². The molecule has 0 atom stereocenters. The number of hydrogen-bond acceptors (Lipinski definition) is 4. The lowest BCUT2D eigenvalue weighted by molar-refractivity contribution is -0.111. The number of carbonyl (C=O) groups excluding carboxylic acids is 2. The summed E-state index contributed by atoms with van der Waals surface area (Å²) in [5.41, 5.74) is 5.44. The summed E-state index contributed by atoms with van der Waals surface area (Å²) in [6.45, 7) is 5.74. The quantitative estimate of drug-likeness (QED) is 0.523. The first-order valence-electron chi connectivity index (χ1n) is 9.20. The van der Waals surface area contributed by atoms with E-state index < -0.39 is 5.97 Å². The minimum Gasteiger partial charge on any atom is -0.465 e. The third-order valence-electron chi connectivity index (χ3n) is 4.67. The first kappa shape index (κ1) is 20.1. The van der Waals surface area contributed by atoms with Gasteiger partial charge in [0.25, 0.3) is 0 Å². The van der Waals surface area contributed by atoms with Crippen LogP contribution < -0.4 is 5.32 Å². The van der Waals surface area contributed by atoms with E-state index in [0.29, 0.717) is 11.3 Å². The maximum Gasteiger partial charge on any atom is 0.337 e. The van der Waals surface area contributed by atoms with Crippen molar-refractivity contribution < 1.29 is 14.3 Å². The highest BCUT2D eigenvalue weighted by molar-refractivity contribution is 6.03. The normalized spacial score (nSPS) is 10.9. The summed E-state index contributed by atoms with van der Waals surface area (Å²) in [6, 6.07) is 14.9. The van der Waals surface area contributed by atoms with Gasteiger partial charge in [0.05, 0.1) is 24.1 Å². The Hall–Kier alpha value is -3.67. The van der Waals surface area contributed by atoms with Gasteiger partial charge in [0.2, 0.25) is 5.91 Å². The van der Waals surface area contributed by atoms with E-state index in [1.165, 1.54) is 13.2 Å². The molecule has 148 valence electrons. The van der Waals surface area contributed by atoms with Crippen LogP contribution in [0.3, 0.4) is 0 Å². The average Bonchev–Trinajstić information content (AvgIpc) is 3.01. The largest absolute Gasteiger partial charge is 0.465 e. The van der Waals surface area contributed by atoms with Crippen molar-refractivity contribution in [1.82, 2.24) is 9.78 Å². The van der Waals surface area contributed by atoms with Gasteiger partial charge >= 0.3 is 5.97 Å². The second-order valence-corrected chi connectivity index (χ2v) is 6.68. The minimum absolute atomic E-state index is 0.290. The van der Waals surface area contributed by atoms with Gasteiger partial charge in [-0.05, 0) is 56.7 Å². The second-order valence-electron chi connectivity index (χ2n) is 6.68. The molecule has 1 amide bonds. The molecule has 6 heteroatoms. The highest BCUT2D eigenvalue weighted by Crippen LogP contribution is 2.20. The lowest BCUT2D eigenvalue weighted by atomic mass is 10.1. The average molecular weight is 389 g/mol. The first-order valence-corrected chi connectivity index (χ1v) is 9.20. The topological polar surface area (TPSA) is 73.2 Å². The van der Waals surface area contributed by atoms with Gasteiger partial charge in [-0.25, -0.2) is 9.48 Å². The molecule has 6 nitrogen and oxygen atoms in total. The molecule has 3 aromatic rings. The fourth-order valence-corrected chi connectivity index (χ4v) is 3.05. The first-order chi connectivity index (χ1) is 13.9. The Labute approximate surface area is 169 Å². The monoisotopic (exact) mass is 389 g/mol. The van der Waals surface area contributed by atoms with Crippen molar-refractivity contribution >= 4 is 23.6 Å². The Morgan fingerprint density at radius 3 is 2.48 bits per heavy atom. The van der Waals surface area contributed by atoms with E-state index in [-0.39, 0.29) is 5.91 Å². The second kappa shape index (κ2) is 8.56. The molecule has 1 aromatic heterocycles. The fraction of sp³-hybridized carbons (Fsp3) is 0.174. The number of nitrogens with zero attached hydrogens (tertiary/aromatic N) is 2. The molecular weight excluding hydrogens is 366 g/mol. The van der Waals surface area contributed by atoms with E-state index in [1.807, 2.05) is 55.8 Å². The molecule has 0 bridgehead atoms. The zero-order valence-corrected chi connectivity index (χ0v) is 16.9. The Morgan fingerprint density at radius 2 is 1.79 bits per heavy atom. The van der Waals surface area contributed by atoms with E-state index in [0.717, 1.165) is 28.2 Å². The number of rotatable bonds is 5. The Kier molecular flexibility index (Phi) is 5.93. The number of anilines is 1. The van der Waals surface area contributed by atoms with Crippen LogP contribution in [-0.2, 0) is 9.53 Å². The van der Waals surface area contributed by atoms with E-state index in [9.17, 15) is 9.59 Å². The van der Waals surface area contributed by atoms with E-state index in [2.05, 4.69) is 10.4 Å². The van der Waals surface area contributed by atoms with E-state index >= 15 is 0 Å². The van der Waals surface area contributed by atoms with Crippen molar-refractivity contribution in [3.8, 4) is 5.69 Å². The van der Waals surface area contributed by atoms with Crippen molar-refractivity contribution in [1.29, 1.82) is 0 Å². The molecule has 29 heavy (non-hydrogen) atoms. The van der Waals surface area contributed by atoms with Gasteiger partial charge in [0.15, 0.2) is 0 Å². The van der Waals surface area contributed by atoms with Crippen LogP contribution in [0.25, 0.3) is 11.8 Å². The third kappa shape index (κ3) is 4.43. The maximum absolute atomic E-state index is 12.4. The summed E-state index contributed by atoms with van der Waals surface area (Å²) in [6.07, 6.45) is 3.22. The summed E-state index contributed by atoms with van der Waals surface area (Å²) in [7, 11) is 1.32. The molecule has 0 saturated carbocycles. The number of nitrogens with one attached hydrogen (secondary N) is 1. The molecule has 2 aromatic carbocycles. The highest BCUT2D eigenvalue weighted by Gasteiger charge is 2.12. The van der Waals surface area contributed by atoms with Crippen LogP contribution in [0.5, 0.6) is 0 Å². The predicted octanol–water partition coefficient (Wildman–Crippen LogP) is 4.24. The van der Waals surface area contributed by atoms with Crippen molar-refractivity contribution in [3.63, 3.8) is 0 Å². The molecule has 1 heterocycles. The zero-order chi connectivity index (χ0) is 21.0. The third-order valence-corrected chi connectivity index (χ3v) is 4.67.